The van der Waals surface area contributed by atoms with E-state index in [2.05, 4.69) is 20.4 Å². The Morgan fingerprint density at radius 1 is 1.33 bits per heavy atom. The van der Waals surface area contributed by atoms with Crippen LogP contribution in [0.2, 0.25) is 0 Å². The minimum absolute atomic E-state index is 0.0869. The van der Waals surface area contributed by atoms with Gasteiger partial charge in [0.1, 0.15) is 5.76 Å². The highest BCUT2D eigenvalue weighted by atomic mass is 32.2. The number of thioether (sulfide) groups is 1. The molecular formula is C16H21N5O4S2. The van der Waals surface area contributed by atoms with Gasteiger partial charge in [-0.15, -0.1) is 10.2 Å². The fraction of sp³-hybridized carbons (Fsp3) is 0.500. The lowest BCUT2D eigenvalue weighted by atomic mass is 10.3. The molecule has 1 aliphatic heterocycles. The van der Waals surface area contributed by atoms with Crippen LogP contribution in [-0.2, 0) is 16.1 Å². The van der Waals surface area contributed by atoms with Crippen LogP contribution in [0.4, 0.5) is 9.93 Å². The summed E-state index contributed by atoms with van der Waals surface area (Å²) in [5.41, 5.74) is 0. The number of piperazine rings is 1. The lowest BCUT2D eigenvalue weighted by Crippen LogP contribution is -2.49. The minimum Gasteiger partial charge on any atom is -0.467 e. The molecular weight excluding hydrogens is 390 g/mol. The number of hydrogen-bond acceptors (Lipinski definition) is 9. The van der Waals surface area contributed by atoms with Gasteiger partial charge in [-0.05, 0) is 19.1 Å². The van der Waals surface area contributed by atoms with Crippen LogP contribution in [0.15, 0.2) is 27.2 Å². The molecule has 9 nitrogen and oxygen atoms in total. The lowest BCUT2D eigenvalue weighted by Gasteiger charge is -2.33. The van der Waals surface area contributed by atoms with E-state index < -0.39 is 0 Å². The van der Waals surface area contributed by atoms with Crippen molar-refractivity contribution in [1.82, 2.24) is 20.4 Å². The van der Waals surface area contributed by atoms with Crippen molar-refractivity contribution in [3.8, 4) is 0 Å². The van der Waals surface area contributed by atoms with E-state index >= 15 is 0 Å². The maximum Gasteiger partial charge on any atom is 0.409 e. The van der Waals surface area contributed by atoms with E-state index in [1.54, 1.807) is 24.2 Å². The first-order chi connectivity index (χ1) is 13.2. The standard InChI is InChI=1S/C16H21N5O4S2/c1-2-24-16(23)21-7-5-20(6-8-21)14-18-19-15(27-14)26-11-13(22)17-10-12-4-3-9-25-12/h3-4,9H,2,5-8,10-11H2,1H3,(H,17,22). The molecule has 0 bridgehead atoms. The Hall–Kier alpha value is -2.27. The molecule has 0 aromatic carbocycles. The quantitative estimate of drug-likeness (QED) is 0.689. The van der Waals surface area contributed by atoms with Crippen LogP contribution >= 0.6 is 23.1 Å². The van der Waals surface area contributed by atoms with E-state index in [1.807, 2.05) is 6.07 Å². The number of carbonyl (C=O) groups excluding carboxylic acids is 2. The van der Waals surface area contributed by atoms with E-state index in [4.69, 9.17) is 9.15 Å². The summed E-state index contributed by atoms with van der Waals surface area (Å²) in [6, 6.07) is 3.59. The predicted molar refractivity (Wildman–Crippen MR) is 102 cm³/mol. The Morgan fingerprint density at radius 2 is 2.15 bits per heavy atom. The van der Waals surface area contributed by atoms with Gasteiger partial charge in [0.15, 0.2) is 4.34 Å². The Labute approximate surface area is 165 Å². The second kappa shape index (κ2) is 9.60. The molecule has 2 aromatic rings. The van der Waals surface area contributed by atoms with Gasteiger partial charge in [-0.2, -0.15) is 0 Å². The van der Waals surface area contributed by atoms with Crippen LogP contribution in [0, 0.1) is 0 Å². The Balaban J connectivity index is 1.41. The van der Waals surface area contributed by atoms with Crippen molar-refractivity contribution < 1.29 is 18.7 Å². The highest BCUT2D eigenvalue weighted by Crippen LogP contribution is 2.28. The SMILES string of the molecule is CCOC(=O)N1CCN(c2nnc(SCC(=O)NCc3ccco3)s2)CC1. The Kier molecular flexibility index (Phi) is 6.93. The Morgan fingerprint density at radius 3 is 2.85 bits per heavy atom. The van der Waals surface area contributed by atoms with Crippen molar-refractivity contribution in [2.24, 2.45) is 0 Å². The molecule has 1 aliphatic rings. The van der Waals surface area contributed by atoms with Gasteiger partial charge < -0.3 is 24.3 Å². The minimum atomic E-state index is -0.272. The molecule has 27 heavy (non-hydrogen) atoms. The molecule has 1 N–H and O–H groups in total. The van der Waals surface area contributed by atoms with Crippen molar-refractivity contribution in [2.45, 2.75) is 17.8 Å². The summed E-state index contributed by atoms with van der Waals surface area (Å²) in [6.07, 6.45) is 1.30. The summed E-state index contributed by atoms with van der Waals surface area (Å²) < 4.78 is 10.9. The molecule has 11 heteroatoms. The number of ether oxygens (including phenoxy) is 1. The monoisotopic (exact) mass is 411 g/mol. The maximum atomic E-state index is 11.9. The zero-order chi connectivity index (χ0) is 19.1. The highest BCUT2D eigenvalue weighted by molar-refractivity contribution is 8.01. The highest BCUT2D eigenvalue weighted by Gasteiger charge is 2.24. The van der Waals surface area contributed by atoms with Gasteiger partial charge in [-0.3, -0.25) is 4.79 Å². The molecule has 3 rings (SSSR count). The largest absolute Gasteiger partial charge is 0.467 e. The normalized spacial score (nSPS) is 14.3. The third-order valence-corrected chi connectivity index (χ3v) is 5.96. The zero-order valence-corrected chi connectivity index (χ0v) is 16.6. The zero-order valence-electron chi connectivity index (χ0n) is 14.9. The van der Waals surface area contributed by atoms with Gasteiger partial charge in [0.25, 0.3) is 0 Å². The van der Waals surface area contributed by atoms with Gasteiger partial charge in [0.2, 0.25) is 11.0 Å². The summed E-state index contributed by atoms with van der Waals surface area (Å²) in [7, 11) is 0. The molecule has 2 amide bonds. The van der Waals surface area contributed by atoms with Crippen LogP contribution in [0.5, 0.6) is 0 Å². The van der Waals surface area contributed by atoms with Crippen molar-refractivity contribution in [3.05, 3.63) is 24.2 Å². The first-order valence-electron chi connectivity index (χ1n) is 8.57. The summed E-state index contributed by atoms with van der Waals surface area (Å²) in [5.74, 6) is 0.899. The van der Waals surface area contributed by atoms with E-state index in [0.29, 0.717) is 45.1 Å². The van der Waals surface area contributed by atoms with Crippen molar-refractivity contribution in [3.63, 3.8) is 0 Å². The van der Waals surface area contributed by atoms with Crippen LogP contribution in [-0.4, -0.2) is 65.6 Å². The number of furan rings is 1. The molecule has 1 fully saturated rings. The number of nitrogens with zero attached hydrogens (tertiary/aromatic N) is 4. The summed E-state index contributed by atoms with van der Waals surface area (Å²) in [6.45, 7) is 5.10. The van der Waals surface area contributed by atoms with Gasteiger partial charge >= 0.3 is 6.09 Å². The Bertz CT molecular complexity index is 744. The third kappa shape index (κ3) is 5.60. The smallest absolute Gasteiger partial charge is 0.409 e. The molecule has 0 radical (unpaired) electrons. The fourth-order valence-electron chi connectivity index (χ4n) is 2.46. The molecule has 0 atom stereocenters. The van der Waals surface area contributed by atoms with Gasteiger partial charge in [-0.25, -0.2) is 4.79 Å². The third-order valence-electron chi connectivity index (χ3n) is 3.84. The first-order valence-corrected chi connectivity index (χ1v) is 10.4. The molecule has 0 saturated carbocycles. The molecule has 1 saturated heterocycles. The van der Waals surface area contributed by atoms with Crippen molar-refractivity contribution in [1.29, 1.82) is 0 Å². The summed E-state index contributed by atoms with van der Waals surface area (Å²) >= 11 is 2.80. The maximum absolute atomic E-state index is 11.9. The molecule has 0 unspecified atom stereocenters. The fourth-order valence-corrected chi connectivity index (χ4v) is 4.18. The van der Waals surface area contributed by atoms with Crippen LogP contribution in [0.25, 0.3) is 0 Å². The second-order valence-corrected chi connectivity index (χ2v) is 7.85. The molecule has 146 valence electrons. The van der Waals surface area contributed by atoms with E-state index in [-0.39, 0.29) is 17.8 Å². The number of nitrogens with one attached hydrogen (secondary N) is 1. The number of aromatic nitrogens is 2. The number of rotatable bonds is 7. The van der Waals surface area contributed by atoms with E-state index in [9.17, 15) is 9.59 Å². The number of hydrogen-bond donors (Lipinski definition) is 1. The summed E-state index contributed by atoms with van der Waals surface area (Å²) in [4.78, 5) is 27.4. The van der Waals surface area contributed by atoms with Gasteiger partial charge in [-0.1, -0.05) is 23.1 Å². The number of anilines is 1. The summed E-state index contributed by atoms with van der Waals surface area (Å²) in [5, 5.41) is 11.9. The number of amides is 2. The number of carbonyl (C=O) groups is 2. The predicted octanol–water partition coefficient (Wildman–Crippen LogP) is 1.82. The van der Waals surface area contributed by atoms with E-state index in [0.717, 1.165) is 9.47 Å². The average Bonchev–Trinajstić information content (AvgIpc) is 3.37. The molecule has 0 spiro atoms. The van der Waals surface area contributed by atoms with Crippen LogP contribution in [0.1, 0.15) is 12.7 Å². The topological polar surface area (TPSA) is 101 Å². The van der Waals surface area contributed by atoms with Crippen molar-refractivity contribution >= 4 is 40.2 Å². The molecule has 2 aromatic heterocycles. The molecule has 0 aliphatic carbocycles. The van der Waals surface area contributed by atoms with E-state index in [1.165, 1.54) is 23.1 Å². The molecule has 3 heterocycles. The van der Waals surface area contributed by atoms with Crippen molar-refractivity contribution in [2.75, 3.05) is 43.4 Å². The van der Waals surface area contributed by atoms with Gasteiger partial charge in [0, 0.05) is 26.2 Å². The van der Waals surface area contributed by atoms with Crippen LogP contribution in [0.3, 0.4) is 0 Å². The first kappa shape index (κ1) is 19.5. The second-order valence-electron chi connectivity index (χ2n) is 5.67. The average molecular weight is 412 g/mol. The van der Waals surface area contributed by atoms with Gasteiger partial charge in [0.05, 0.1) is 25.2 Å². The van der Waals surface area contributed by atoms with Crippen LogP contribution < -0.4 is 10.2 Å². The lowest BCUT2D eigenvalue weighted by molar-refractivity contribution is -0.118.